The minimum Gasteiger partial charge on any atom is -0.381 e. The van der Waals surface area contributed by atoms with Crippen LogP contribution < -0.4 is 0 Å². The van der Waals surface area contributed by atoms with Gasteiger partial charge in [0, 0.05) is 18.9 Å². The molecule has 0 bridgehead atoms. The zero-order valence-corrected chi connectivity index (χ0v) is 8.60. The highest BCUT2D eigenvalue weighted by Crippen LogP contribution is 2.12. The highest BCUT2D eigenvalue weighted by Gasteiger charge is 2.06. The molecule has 0 fully saturated rings. The number of hydrogen-bond acceptors (Lipinski definition) is 4. The average molecular weight is 196 g/mol. The molecule has 1 unspecified atom stereocenters. The molecular formula is C9H12N2OS. The zero-order valence-electron chi connectivity index (χ0n) is 7.78. The topological polar surface area (TPSA) is 45.9 Å². The van der Waals surface area contributed by atoms with Crippen LogP contribution in [-0.2, 0) is 17.6 Å². The van der Waals surface area contributed by atoms with Gasteiger partial charge in [-0.05, 0) is 6.92 Å². The number of nitrogens with zero attached hydrogens (tertiary/aromatic N) is 2. The normalized spacial score (nSPS) is 12.4. The zero-order chi connectivity index (χ0) is 9.68. The second-order valence-corrected chi connectivity index (χ2v) is 3.76. The molecule has 0 N–H and O–H groups in total. The maximum absolute atomic E-state index is 8.45. The van der Waals surface area contributed by atoms with Crippen LogP contribution in [0, 0.1) is 11.3 Å². The van der Waals surface area contributed by atoms with E-state index in [2.05, 4.69) is 11.1 Å². The first kappa shape index (κ1) is 10.2. The van der Waals surface area contributed by atoms with Gasteiger partial charge in [-0.1, -0.05) is 0 Å². The molecule has 4 heteroatoms. The van der Waals surface area contributed by atoms with Gasteiger partial charge in [0.2, 0.25) is 0 Å². The van der Waals surface area contributed by atoms with E-state index in [0.717, 1.165) is 17.1 Å². The third-order valence-corrected chi connectivity index (χ3v) is 2.64. The standard InChI is InChI=1S/C9H12N2OS/c1-7(12-2)5-9-11-8(3-4-10)6-13-9/h6-7H,3,5H2,1-2H3. The second kappa shape index (κ2) is 4.95. The van der Waals surface area contributed by atoms with Crippen molar-refractivity contribution in [3.05, 3.63) is 16.1 Å². The summed E-state index contributed by atoms with van der Waals surface area (Å²) in [5.74, 6) is 0. The number of nitriles is 1. The van der Waals surface area contributed by atoms with Gasteiger partial charge in [-0.25, -0.2) is 4.98 Å². The highest BCUT2D eigenvalue weighted by atomic mass is 32.1. The van der Waals surface area contributed by atoms with Gasteiger partial charge in [-0.3, -0.25) is 0 Å². The summed E-state index contributed by atoms with van der Waals surface area (Å²) in [6.07, 6.45) is 1.42. The summed E-state index contributed by atoms with van der Waals surface area (Å²) >= 11 is 1.59. The molecule has 1 heterocycles. The summed E-state index contributed by atoms with van der Waals surface area (Å²) in [4.78, 5) is 4.30. The summed E-state index contributed by atoms with van der Waals surface area (Å²) in [6.45, 7) is 2.01. The number of aromatic nitrogens is 1. The molecule has 1 aromatic rings. The van der Waals surface area contributed by atoms with Crippen LogP contribution in [0.2, 0.25) is 0 Å². The Morgan fingerprint density at radius 3 is 3.15 bits per heavy atom. The van der Waals surface area contributed by atoms with Gasteiger partial charge < -0.3 is 4.74 Å². The molecule has 0 aliphatic rings. The Kier molecular flexibility index (Phi) is 3.87. The van der Waals surface area contributed by atoms with E-state index in [1.165, 1.54) is 0 Å². The highest BCUT2D eigenvalue weighted by molar-refractivity contribution is 7.09. The molecule has 1 rings (SSSR count). The number of ether oxygens (including phenoxy) is 1. The van der Waals surface area contributed by atoms with E-state index in [-0.39, 0.29) is 6.10 Å². The smallest absolute Gasteiger partial charge is 0.0954 e. The molecule has 3 nitrogen and oxygen atoms in total. The van der Waals surface area contributed by atoms with Crippen molar-refractivity contribution in [2.75, 3.05) is 7.11 Å². The van der Waals surface area contributed by atoms with E-state index in [4.69, 9.17) is 10.00 Å². The molecule has 70 valence electrons. The minimum atomic E-state index is 0.195. The monoisotopic (exact) mass is 196 g/mol. The fourth-order valence-electron chi connectivity index (χ4n) is 0.934. The summed E-state index contributed by atoms with van der Waals surface area (Å²) < 4.78 is 5.12. The van der Waals surface area contributed by atoms with Gasteiger partial charge >= 0.3 is 0 Å². The first-order valence-electron chi connectivity index (χ1n) is 4.09. The first-order chi connectivity index (χ1) is 6.26. The Bertz CT molecular complexity index is 303. The molecule has 0 aromatic carbocycles. The molecule has 1 aromatic heterocycles. The van der Waals surface area contributed by atoms with Gasteiger partial charge in [0.1, 0.15) is 0 Å². The van der Waals surface area contributed by atoms with Crippen LogP contribution in [0.15, 0.2) is 5.38 Å². The van der Waals surface area contributed by atoms with Gasteiger partial charge in [-0.2, -0.15) is 5.26 Å². The van der Waals surface area contributed by atoms with Crippen LogP contribution in [0.4, 0.5) is 0 Å². The van der Waals surface area contributed by atoms with E-state index >= 15 is 0 Å². The summed E-state index contributed by atoms with van der Waals surface area (Å²) in [6, 6.07) is 2.08. The number of thiazole rings is 1. The van der Waals surface area contributed by atoms with E-state index in [1.807, 2.05) is 12.3 Å². The maximum Gasteiger partial charge on any atom is 0.0954 e. The number of rotatable bonds is 4. The van der Waals surface area contributed by atoms with Crippen LogP contribution >= 0.6 is 11.3 Å². The van der Waals surface area contributed by atoms with Gasteiger partial charge in [-0.15, -0.1) is 11.3 Å². The van der Waals surface area contributed by atoms with Crippen molar-refractivity contribution in [1.29, 1.82) is 5.26 Å². The fourth-order valence-corrected chi connectivity index (χ4v) is 1.84. The Balaban J connectivity index is 2.54. The van der Waals surface area contributed by atoms with Crippen LogP contribution in [0.25, 0.3) is 0 Å². The fraction of sp³-hybridized carbons (Fsp3) is 0.556. The lowest BCUT2D eigenvalue weighted by Crippen LogP contribution is -2.08. The van der Waals surface area contributed by atoms with Gasteiger partial charge in [0.25, 0.3) is 0 Å². The molecule has 0 radical (unpaired) electrons. The van der Waals surface area contributed by atoms with Crippen molar-refractivity contribution < 1.29 is 4.74 Å². The number of methoxy groups -OCH3 is 1. The average Bonchev–Trinajstić information content (AvgIpc) is 2.53. The molecule has 0 aliphatic carbocycles. The van der Waals surface area contributed by atoms with Crippen LogP contribution in [0.1, 0.15) is 17.6 Å². The van der Waals surface area contributed by atoms with Gasteiger partial charge in [0.05, 0.1) is 29.3 Å². The quantitative estimate of drug-likeness (QED) is 0.737. The Labute approximate surface area is 82.0 Å². The van der Waals surface area contributed by atoms with Crippen molar-refractivity contribution in [1.82, 2.24) is 4.98 Å². The Hall–Kier alpha value is -0.920. The van der Waals surface area contributed by atoms with E-state index in [1.54, 1.807) is 18.4 Å². The lowest BCUT2D eigenvalue weighted by Gasteiger charge is -2.05. The number of hydrogen-bond donors (Lipinski definition) is 0. The Morgan fingerprint density at radius 2 is 2.54 bits per heavy atom. The summed E-state index contributed by atoms with van der Waals surface area (Å²) in [5, 5.41) is 11.4. The SMILES string of the molecule is COC(C)Cc1nc(CC#N)cs1. The largest absolute Gasteiger partial charge is 0.381 e. The van der Waals surface area contributed by atoms with Gasteiger partial charge in [0.15, 0.2) is 0 Å². The maximum atomic E-state index is 8.45. The third kappa shape index (κ3) is 3.13. The van der Waals surface area contributed by atoms with Crippen LogP contribution in [-0.4, -0.2) is 18.2 Å². The molecule has 0 aliphatic heterocycles. The van der Waals surface area contributed by atoms with Crippen molar-refractivity contribution in [3.8, 4) is 6.07 Å². The van der Waals surface area contributed by atoms with E-state index in [9.17, 15) is 0 Å². The van der Waals surface area contributed by atoms with Crippen molar-refractivity contribution in [2.45, 2.75) is 25.9 Å². The molecular weight excluding hydrogens is 184 g/mol. The van der Waals surface area contributed by atoms with Crippen LogP contribution in [0.5, 0.6) is 0 Å². The third-order valence-electron chi connectivity index (χ3n) is 1.72. The lowest BCUT2D eigenvalue weighted by atomic mass is 10.3. The molecule has 0 saturated heterocycles. The second-order valence-electron chi connectivity index (χ2n) is 2.82. The lowest BCUT2D eigenvalue weighted by molar-refractivity contribution is 0.118. The molecule has 0 saturated carbocycles. The van der Waals surface area contributed by atoms with Crippen molar-refractivity contribution in [2.24, 2.45) is 0 Å². The molecule has 0 spiro atoms. The Morgan fingerprint density at radius 1 is 1.77 bits per heavy atom. The molecule has 1 atom stereocenters. The van der Waals surface area contributed by atoms with E-state index in [0.29, 0.717) is 6.42 Å². The van der Waals surface area contributed by atoms with Crippen molar-refractivity contribution >= 4 is 11.3 Å². The first-order valence-corrected chi connectivity index (χ1v) is 4.97. The predicted molar refractivity (Wildman–Crippen MR) is 51.6 cm³/mol. The summed E-state index contributed by atoms with van der Waals surface area (Å²) in [7, 11) is 1.69. The predicted octanol–water partition coefficient (Wildman–Crippen LogP) is 1.79. The van der Waals surface area contributed by atoms with Crippen molar-refractivity contribution in [3.63, 3.8) is 0 Å². The summed E-state index contributed by atoms with van der Waals surface area (Å²) in [5.41, 5.74) is 0.866. The molecule has 13 heavy (non-hydrogen) atoms. The van der Waals surface area contributed by atoms with E-state index < -0.39 is 0 Å². The molecule has 0 amide bonds. The van der Waals surface area contributed by atoms with Crippen LogP contribution in [0.3, 0.4) is 0 Å². The minimum absolute atomic E-state index is 0.195.